The maximum Gasteiger partial charge on any atom is 0.411 e. The Hall–Kier alpha value is -1.79. The van der Waals surface area contributed by atoms with Gasteiger partial charge in [0.1, 0.15) is 5.60 Å². The van der Waals surface area contributed by atoms with Crippen LogP contribution in [0.25, 0.3) is 0 Å². The van der Waals surface area contributed by atoms with Gasteiger partial charge in [0, 0.05) is 13.1 Å². The Morgan fingerprint density at radius 1 is 1.47 bits per heavy atom. The minimum absolute atomic E-state index is 0.123. The van der Waals surface area contributed by atoms with E-state index in [0.717, 1.165) is 4.90 Å². The molecule has 1 rings (SSSR count). The highest BCUT2D eigenvalue weighted by atomic mass is 16.6. The summed E-state index contributed by atoms with van der Waals surface area (Å²) >= 11 is 0. The molecule has 0 spiro atoms. The van der Waals surface area contributed by atoms with E-state index in [2.05, 4.69) is 5.32 Å². The number of carbonyl (C=O) groups is 3. The first kappa shape index (κ1) is 13.3. The number of hydrogen-bond acceptors (Lipinski definition) is 4. The van der Waals surface area contributed by atoms with Crippen LogP contribution in [0.15, 0.2) is 0 Å². The zero-order valence-electron chi connectivity index (χ0n) is 10.0. The van der Waals surface area contributed by atoms with Crippen molar-refractivity contribution < 1.29 is 24.2 Å². The monoisotopic (exact) mass is 244 g/mol. The summed E-state index contributed by atoms with van der Waals surface area (Å²) in [4.78, 5) is 35.0. The lowest BCUT2D eigenvalue weighted by Gasteiger charge is -2.33. The van der Waals surface area contributed by atoms with Crippen molar-refractivity contribution in [2.45, 2.75) is 32.4 Å². The van der Waals surface area contributed by atoms with Crippen LogP contribution in [0, 0.1) is 0 Å². The highest BCUT2D eigenvalue weighted by Crippen LogP contribution is 2.13. The second kappa shape index (κ2) is 4.60. The Morgan fingerprint density at radius 2 is 2.06 bits per heavy atom. The normalized spacial score (nSPS) is 20.8. The van der Waals surface area contributed by atoms with E-state index in [4.69, 9.17) is 9.84 Å². The van der Waals surface area contributed by atoms with Crippen LogP contribution in [-0.4, -0.2) is 52.7 Å². The molecule has 2 N–H and O–H groups in total. The Balaban J connectivity index is 2.83. The van der Waals surface area contributed by atoms with Crippen LogP contribution in [0.2, 0.25) is 0 Å². The second-order valence-electron chi connectivity index (χ2n) is 4.71. The van der Waals surface area contributed by atoms with E-state index in [1.165, 1.54) is 0 Å². The van der Waals surface area contributed by atoms with Crippen LogP contribution in [0.4, 0.5) is 4.79 Å². The van der Waals surface area contributed by atoms with Crippen molar-refractivity contribution in [3.63, 3.8) is 0 Å². The first-order valence-corrected chi connectivity index (χ1v) is 5.22. The van der Waals surface area contributed by atoms with Crippen LogP contribution in [-0.2, 0) is 14.3 Å². The van der Waals surface area contributed by atoms with Crippen molar-refractivity contribution in [2.24, 2.45) is 0 Å². The summed E-state index contributed by atoms with van der Waals surface area (Å²) in [5.41, 5.74) is -0.728. The molecule has 1 unspecified atom stereocenters. The van der Waals surface area contributed by atoms with Gasteiger partial charge in [-0.15, -0.1) is 0 Å². The molecule has 17 heavy (non-hydrogen) atoms. The van der Waals surface area contributed by atoms with Gasteiger partial charge < -0.3 is 15.2 Å². The topological polar surface area (TPSA) is 95.9 Å². The molecule has 0 saturated carbocycles. The number of carbonyl (C=O) groups excluding carboxylic acids is 2. The molecule has 7 heteroatoms. The first-order chi connectivity index (χ1) is 7.72. The average molecular weight is 244 g/mol. The third kappa shape index (κ3) is 3.33. The lowest BCUT2D eigenvalue weighted by atomic mass is 10.2. The van der Waals surface area contributed by atoms with Gasteiger partial charge in [-0.2, -0.15) is 0 Å². The van der Waals surface area contributed by atoms with Gasteiger partial charge in [0.2, 0.25) is 6.04 Å². The summed E-state index contributed by atoms with van der Waals surface area (Å²) < 4.78 is 5.05. The van der Waals surface area contributed by atoms with Crippen molar-refractivity contribution in [1.82, 2.24) is 10.2 Å². The van der Waals surface area contributed by atoms with Gasteiger partial charge in [-0.1, -0.05) is 0 Å². The molecule has 0 aromatic rings. The predicted octanol–water partition coefficient (Wildman–Crippen LogP) is -0.193. The molecule has 0 bridgehead atoms. The highest BCUT2D eigenvalue weighted by molar-refractivity contribution is 6.04. The Bertz CT molecular complexity index is 347. The maximum absolute atomic E-state index is 11.7. The van der Waals surface area contributed by atoms with Crippen LogP contribution in [0.1, 0.15) is 20.8 Å². The van der Waals surface area contributed by atoms with Gasteiger partial charge in [0.05, 0.1) is 0 Å². The molecule has 96 valence electrons. The minimum atomic E-state index is -1.52. The van der Waals surface area contributed by atoms with Crippen LogP contribution in [0.5, 0.6) is 0 Å². The summed E-state index contributed by atoms with van der Waals surface area (Å²) in [5, 5.41) is 11.3. The fourth-order valence-electron chi connectivity index (χ4n) is 1.43. The number of hydrogen-bond donors (Lipinski definition) is 2. The minimum Gasteiger partial charge on any atom is -0.479 e. The van der Waals surface area contributed by atoms with Gasteiger partial charge in [0.25, 0.3) is 5.91 Å². The standard InChI is InChI=1S/C10H16N2O5/c1-10(2,3)17-9(16)12-5-4-11-7(13)6(12)8(14)15/h6H,4-5H2,1-3H3,(H,11,13)(H,14,15). The molecule has 7 nitrogen and oxygen atoms in total. The van der Waals surface area contributed by atoms with Crippen molar-refractivity contribution in [3.8, 4) is 0 Å². The number of carboxylic acid groups (broad SMARTS) is 1. The van der Waals surface area contributed by atoms with Crippen molar-refractivity contribution >= 4 is 18.0 Å². The van der Waals surface area contributed by atoms with E-state index in [0.29, 0.717) is 0 Å². The molecule has 1 fully saturated rings. The van der Waals surface area contributed by atoms with E-state index in [1.807, 2.05) is 0 Å². The van der Waals surface area contributed by atoms with E-state index < -0.39 is 29.6 Å². The summed E-state index contributed by atoms with van der Waals surface area (Å²) in [7, 11) is 0. The zero-order valence-corrected chi connectivity index (χ0v) is 10.0. The Morgan fingerprint density at radius 3 is 2.53 bits per heavy atom. The third-order valence-corrected chi connectivity index (χ3v) is 2.07. The number of nitrogens with zero attached hydrogens (tertiary/aromatic N) is 1. The molecule has 0 aromatic heterocycles. The Labute approximate surface area is 98.7 Å². The molecular weight excluding hydrogens is 228 g/mol. The zero-order chi connectivity index (χ0) is 13.2. The third-order valence-electron chi connectivity index (χ3n) is 2.07. The summed E-state index contributed by atoms with van der Waals surface area (Å²) in [6.07, 6.45) is -0.792. The van der Waals surface area contributed by atoms with E-state index >= 15 is 0 Å². The lowest BCUT2D eigenvalue weighted by molar-refractivity contribution is -0.150. The number of ether oxygens (including phenoxy) is 1. The largest absolute Gasteiger partial charge is 0.479 e. The van der Waals surface area contributed by atoms with E-state index in [9.17, 15) is 14.4 Å². The summed E-state index contributed by atoms with van der Waals surface area (Å²) in [5.74, 6) is -2.07. The first-order valence-electron chi connectivity index (χ1n) is 5.22. The number of carboxylic acids is 1. The van der Waals surface area contributed by atoms with Gasteiger partial charge in [0.15, 0.2) is 0 Å². The van der Waals surface area contributed by atoms with Crippen LogP contribution < -0.4 is 5.32 Å². The molecule has 0 aromatic carbocycles. The van der Waals surface area contributed by atoms with Crippen molar-refractivity contribution in [2.75, 3.05) is 13.1 Å². The van der Waals surface area contributed by atoms with Gasteiger partial charge in [-0.25, -0.2) is 9.59 Å². The smallest absolute Gasteiger partial charge is 0.411 e. The molecule has 1 aliphatic rings. The fraction of sp³-hybridized carbons (Fsp3) is 0.700. The van der Waals surface area contributed by atoms with Crippen molar-refractivity contribution in [1.29, 1.82) is 0 Å². The SMILES string of the molecule is CC(C)(C)OC(=O)N1CCNC(=O)C1C(=O)O. The van der Waals surface area contributed by atoms with Gasteiger partial charge in [-0.3, -0.25) is 9.69 Å². The molecule has 0 aliphatic carbocycles. The number of rotatable bonds is 1. The van der Waals surface area contributed by atoms with E-state index in [1.54, 1.807) is 20.8 Å². The molecule has 1 atom stereocenters. The summed E-state index contributed by atoms with van der Waals surface area (Å²) in [6.45, 7) is 5.36. The quantitative estimate of drug-likeness (QED) is 0.623. The van der Waals surface area contributed by atoms with Crippen LogP contribution >= 0.6 is 0 Å². The molecule has 2 amide bonds. The number of piperazine rings is 1. The fourth-order valence-corrected chi connectivity index (χ4v) is 1.43. The average Bonchev–Trinajstić information content (AvgIpc) is 2.13. The molecule has 0 radical (unpaired) electrons. The number of aliphatic carboxylic acids is 1. The maximum atomic E-state index is 11.7. The van der Waals surface area contributed by atoms with E-state index in [-0.39, 0.29) is 13.1 Å². The second-order valence-corrected chi connectivity index (χ2v) is 4.71. The number of nitrogens with one attached hydrogen (secondary N) is 1. The Kier molecular flexibility index (Phi) is 3.59. The lowest BCUT2D eigenvalue weighted by Crippen LogP contribution is -2.61. The highest BCUT2D eigenvalue weighted by Gasteiger charge is 2.40. The van der Waals surface area contributed by atoms with Gasteiger partial charge in [-0.05, 0) is 20.8 Å². The van der Waals surface area contributed by atoms with Crippen LogP contribution in [0.3, 0.4) is 0 Å². The molecule has 1 aliphatic heterocycles. The summed E-state index contributed by atoms with van der Waals surface area (Å²) in [6, 6.07) is -1.52. The van der Waals surface area contributed by atoms with Gasteiger partial charge >= 0.3 is 12.1 Å². The number of amides is 2. The molecule has 1 saturated heterocycles. The molecule has 1 heterocycles. The van der Waals surface area contributed by atoms with Crippen molar-refractivity contribution in [3.05, 3.63) is 0 Å². The predicted molar refractivity (Wildman–Crippen MR) is 57.4 cm³/mol. The molecular formula is C10H16N2O5.